The van der Waals surface area contributed by atoms with Gasteiger partial charge >= 0.3 is 11.9 Å². The Morgan fingerprint density at radius 3 is 2.41 bits per heavy atom. The minimum absolute atomic E-state index is 0.0255. The van der Waals surface area contributed by atoms with E-state index < -0.39 is 11.9 Å². The number of hydrogen-bond acceptors (Lipinski definition) is 6. The monoisotopic (exact) mass is 456 g/mol. The second kappa shape index (κ2) is 10.5. The minimum Gasteiger partial charge on any atom is -0.462 e. The van der Waals surface area contributed by atoms with Crippen molar-refractivity contribution >= 4 is 45.1 Å². The second-order valence-corrected chi connectivity index (χ2v) is 8.12. The van der Waals surface area contributed by atoms with Crippen LogP contribution in [-0.2, 0) is 16.0 Å². The van der Waals surface area contributed by atoms with Gasteiger partial charge in [-0.1, -0.05) is 31.5 Å². The van der Waals surface area contributed by atoms with Gasteiger partial charge < -0.3 is 19.4 Å². The summed E-state index contributed by atoms with van der Waals surface area (Å²) in [6.07, 6.45) is 1.92. The standard InChI is InChI=1S/C24H28N2O5S/c1-5-8-13-26-18-12-10-9-11-16(18)15(4)20(26)21(27)25-22-19(24(29)31-7-3)17(14-32-22)23(28)30-6-2/h9-12,14H,5-8,13H2,1-4H3,(H,25,27). The van der Waals surface area contributed by atoms with Gasteiger partial charge in [0, 0.05) is 22.8 Å². The van der Waals surface area contributed by atoms with Crippen molar-refractivity contribution in [2.45, 2.75) is 47.1 Å². The molecule has 0 aliphatic rings. The minimum atomic E-state index is -0.671. The van der Waals surface area contributed by atoms with E-state index in [2.05, 4.69) is 12.2 Å². The summed E-state index contributed by atoms with van der Waals surface area (Å²) in [4.78, 5) is 38.4. The molecule has 1 aromatic carbocycles. The Labute approximate surface area is 191 Å². The third-order valence-electron chi connectivity index (χ3n) is 5.17. The van der Waals surface area contributed by atoms with E-state index in [4.69, 9.17) is 9.47 Å². The topological polar surface area (TPSA) is 86.6 Å². The molecular weight excluding hydrogens is 428 g/mol. The van der Waals surface area contributed by atoms with Gasteiger partial charge in [-0.2, -0.15) is 0 Å². The lowest BCUT2D eigenvalue weighted by Gasteiger charge is -2.12. The van der Waals surface area contributed by atoms with Gasteiger partial charge in [0.25, 0.3) is 5.91 Å². The number of para-hydroxylation sites is 1. The molecule has 0 aliphatic carbocycles. The Morgan fingerprint density at radius 1 is 1.03 bits per heavy atom. The number of amides is 1. The molecule has 1 N–H and O–H groups in total. The normalized spacial score (nSPS) is 10.9. The van der Waals surface area contributed by atoms with Crippen LogP contribution in [-0.4, -0.2) is 35.6 Å². The molecule has 2 heterocycles. The highest BCUT2D eigenvalue weighted by Gasteiger charge is 2.28. The zero-order valence-electron chi connectivity index (χ0n) is 18.8. The second-order valence-electron chi connectivity index (χ2n) is 7.24. The molecular formula is C24H28N2O5S. The van der Waals surface area contributed by atoms with E-state index in [1.54, 1.807) is 13.8 Å². The molecule has 170 valence electrons. The van der Waals surface area contributed by atoms with Crippen molar-refractivity contribution in [2.24, 2.45) is 0 Å². The molecule has 32 heavy (non-hydrogen) atoms. The number of hydrogen-bond donors (Lipinski definition) is 1. The van der Waals surface area contributed by atoms with E-state index in [-0.39, 0.29) is 35.2 Å². The number of aromatic nitrogens is 1. The SMILES string of the molecule is CCCCn1c(C(=O)Nc2scc(C(=O)OCC)c2C(=O)OCC)c(C)c2ccccc21. The van der Waals surface area contributed by atoms with Gasteiger partial charge in [0.1, 0.15) is 16.3 Å². The maximum absolute atomic E-state index is 13.4. The van der Waals surface area contributed by atoms with Crippen molar-refractivity contribution in [3.63, 3.8) is 0 Å². The van der Waals surface area contributed by atoms with Crippen molar-refractivity contribution in [1.82, 2.24) is 4.57 Å². The number of ether oxygens (including phenoxy) is 2. The van der Waals surface area contributed by atoms with Crippen LogP contribution in [0.4, 0.5) is 5.00 Å². The first-order chi connectivity index (χ1) is 15.4. The van der Waals surface area contributed by atoms with Crippen LogP contribution >= 0.6 is 11.3 Å². The summed E-state index contributed by atoms with van der Waals surface area (Å²) in [5.41, 5.74) is 2.52. The molecule has 8 heteroatoms. The lowest BCUT2D eigenvalue weighted by Crippen LogP contribution is -2.20. The Hall–Kier alpha value is -3.13. The molecule has 3 aromatic rings. The molecule has 0 spiro atoms. The highest BCUT2D eigenvalue weighted by atomic mass is 32.1. The predicted octanol–water partition coefficient (Wildman–Crippen LogP) is 5.42. The molecule has 0 atom stereocenters. The first-order valence-corrected chi connectivity index (χ1v) is 11.7. The fraction of sp³-hybridized carbons (Fsp3) is 0.375. The summed E-state index contributed by atoms with van der Waals surface area (Å²) < 4.78 is 12.2. The number of carbonyl (C=O) groups excluding carboxylic acids is 3. The molecule has 2 aromatic heterocycles. The number of nitrogens with one attached hydrogen (secondary N) is 1. The molecule has 1 amide bonds. The molecule has 7 nitrogen and oxygen atoms in total. The highest BCUT2D eigenvalue weighted by molar-refractivity contribution is 7.15. The van der Waals surface area contributed by atoms with Gasteiger partial charge in [-0.25, -0.2) is 9.59 Å². The van der Waals surface area contributed by atoms with Gasteiger partial charge in [-0.05, 0) is 38.8 Å². The lowest BCUT2D eigenvalue weighted by molar-refractivity contribution is 0.0481. The molecule has 0 aliphatic heterocycles. The van der Waals surface area contributed by atoms with Gasteiger partial charge in [0.15, 0.2) is 0 Å². The molecule has 0 unspecified atom stereocenters. The fourth-order valence-electron chi connectivity index (χ4n) is 3.70. The van der Waals surface area contributed by atoms with E-state index in [0.29, 0.717) is 12.2 Å². The number of esters is 2. The van der Waals surface area contributed by atoms with Gasteiger partial charge in [-0.3, -0.25) is 4.79 Å². The van der Waals surface area contributed by atoms with E-state index >= 15 is 0 Å². The van der Waals surface area contributed by atoms with Crippen LogP contribution < -0.4 is 5.32 Å². The number of carbonyl (C=O) groups is 3. The van der Waals surface area contributed by atoms with Crippen molar-refractivity contribution in [3.05, 3.63) is 52.0 Å². The smallest absolute Gasteiger partial charge is 0.342 e. The Balaban J connectivity index is 2.04. The molecule has 0 bridgehead atoms. The van der Waals surface area contributed by atoms with Crippen LogP contribution in [0.1, 0.15) is 70.4 Å². The number of fused-ring (bicyclic) bond motifs is 1. The number of nitrogens with zero attached hydrogens (tertiary/aromatic N) is 1. The molecule has 0 fully saturated rings. The summed E-state index contributed by atoms with van der Waals surface area (Å²) in [6.45, 7) is 8.43. The van der Waals surface area contributed by atoms with E-state index in [1.165, 1.54) is 5.38 Å². The number of anilines is 1. The molecule has 3 rings (SSSR count). The number of aryl methyl sites for hydroxylation is 2. The van der Waals surface area contributed by atoms with Crippen LogP contribution in [0, 0.1) is 6.92 Å². The third kappa shape index (κ3) is 4.55. The van der Waals surface area contributed by atoms with Gasteiger partial charge in [0.05, 0.1) is 18.8 Å². The lowest BCUT2D eigenvalue weighted by atomic mass is 10.1. The Morgan fingerprint density at radius 2 is 1.72 bits per heavy atom. The van der Waals surface area contributed by atoms with Crippen LogP contribution in [0.3, 0.4) is 0 Å². The third-order valence-corrected chi connectivity index (χ3v) is 6.06. The molecule has 0 radical (unpaired) electrons. The maximum Gasteiger partial charge on any atom is 0.342 e. The van der Waals surface area contributed by atoms with E-state index in [9.17, 15) is 14.4 Å². The fourth-order valence-corrected chi connectivity index (χ4v) is 4.61. The van der Waals surface area contributed by atoms with Crippen molar-refractivity contribution in [3.8, 4) is 0 Å². The number of unbranched alkanes of at least 4 members (excludes halogenated alkanes) is 1. The van der Waals surface area contributed by atoms with Crippen molar-refractivity contribution in [2.75, 3.05) is 18.5 Å². The van der Waals surface area contributed by atoms with Crippen LogP contribution in [0.5, 0.6) is 0 Å². The van der Waals surface area contributed by atoms with Crippen LogP contribution in [0.15, 0.2) is 29.6 Å². The van der Waals surface area contributed by atoms with E-state index in [1.807, 2.05) is 35.8 Å². The predicted molar refractivity (Wildman–Crippen MR) is 126 cm³/mol. The summed E-state index contributed by atoms with van der Waals surface area (Å²) in [6, 6.07) is 7.90. The zero-order valence-corrected chi connectivity index (χ0v) is 19.6. The summed E-state index contributed by atoms with van der Waals surface area (Å²) in [5, 5.41) is 5.64. The Bertz CT molecular complexity index is 1140. The average Bonchev–Trinajstić information content (AvgIpc) is 3.32. The van der Waals surface area contributed by atoms with E-state index in [0.717, 1.165) is 40.6 Å². The maximum atomic E-state index is 13.4. The summed E-state index contributed by atoms with van der Waals surface area (Å²) in [7, 11) is 0. The zero-order chi connectivity index (χ0) is 23.3. The number of benzene rings is 1. The number of thiophene rings is 1. The molecule has 0 saturated heterocycles. The summed E-state index contributed by atoms with van der Waals surface area (Å²) >= 11 is 1.10. The van der Waals surface area contributed by atoms with Gasteiger partial charge in [-0.15, -0.1) is 11.3 Å². The number of rotatable bonds is 9. The van der Waals surface area contributed by atoms with Crippen molar-refractivity contribution in [1.29, 1.82) is 0 Å². The quantitative estimate of drug-likeness (QED) is 0.435. The highest BCUT2D eigenvalue weighted by Crippen LogP contribution is 2.32. The Kier molecular flexibility index (Phi) is 7.69. The average molecular weight is 457 g/mol. The van der Waals surface area contributed by atoms with Gasteiger partial charge in [0.2, 0.25) is 0 Å². The first kappa shape index (κ1) is 23.5. The van der Waals surface area contributed by atoms with Crippen LogP contribution in [0.2, 0.25) is 0 Å². The van der Waals surface area contributed by atoms with Crippen LogP contribution in [0.25, 0.3) is 10.9 Å². The largest absolute Gasteiger partial charge is 0.462 e. The summed E-state index contributed by atoms with van der Waals surface area (Å²) in [5.74, 6) is -1.63. The van der Waals surface area contributed by atoms with Crippen molar-refractivity contribution < 1.29 is 23.9 Å². The first-order valence-electron chi connectivity index (χ1n) is 10.8. The molecule has 0 saturated carbocycles.